The van der Waals surface area contributed by atoms with Gasteiger partial charge < -0.3 is 29.1 Å². The predicted octanol–water partition coefficient (Wildman–Crippen LogP) is 5.42. The summed E-state index contributed by atoms with van der Waals surface area (Å²) in [4.78, 5) is 30.2. The summed E-state index contributed by atoms with van der Waals surface area (Å²) in [6, 6.07) is 14.8. The van der Waals surface area contributed by atoms with Crippen molar-refractivity contribution in [1.29, 1.82) is 0 Å². The molecule has 3 aromatic carbocycles. The Balaban J connectivity index is 1.63. The summed E-state index contributed by atoms with van der Waals surface area (Å²) in [6.45, 7) is 0.219. The van der Waals surface area contributed by atoms with Gasteiger partial charge in [-0.05, 0) is 47.5 Å². The third-order valence-electron chi connectivity index (χ3n) is 6.53. The van der Waals surface area contributed by atoms with Gasteiger partial charge in [0.25, 0.3) is 11.7 Å². The number of ketones is 1. The number of likely N-dealkylation sites (tertiary alicyclic amines) is 1. The number of carbonyl (C=O) groups is 2. The molecule has 8 nitrogen and oxygen atoms in total. The first-order valence-electron chi connectivity index (χ1n) is 11.7. The van der Waals surface area contributed by atoms with Gasteiger partial charge in [-0.1, -0.05) is 41.4 Å². The van der Waals surface area contributed by atoms with Crippen LogP contribution in [0.5, 0.6) is 17.2 Å². The van der Waals surface area contributed by atoms with Gasteiger partial charge in [-0.25, -0.2) is 0 Å². The van der Waals surface area contributed by atoms with E-state index in [1.54, 1.807) is 12.1 Å². The zero-order valence-corrected chi connectivity index (χ0v) is 22.3. The van der Waals surface area contributed by atoms with Crippen LogP contribution in [0.15, 0.2) is 60.2 Å². The number of anilines is 1. The van der Waals surface area contributed by atoms with Gasteiger partial charge in [0.05, 0.1) is 28.8 Å². The Morgan fingerprint density at radius 2 is 1.68 bits per heavy atom. The third-order valence-corrected chi connectivity index (χ3v) is 7.09. The van der Waals surface area contributed by atoms with Crippen LogP contribution in [0.2, 0.25) is 10.0 Å². The molecule has 2 aliphatic heterocycles. The monoisotopic (exact) mass is 554 g/mol. The van der Waals surface area contributed by atoms with Gasteiger partial charge in [-0.2, -0.15) is 0 Å². The molecule has 1 N–H and O–H groups in total. The summed E-state index contributed by atoms with van der Waals surface area (Å²) in [5.41, 5.74) is 2.46. The second kappa shape index (κ2) is 10.1. The summed E-state index contributed by atoms with van der Waals surface area (Å²) in [5.74, 6) is -0.522. The van der Waals surface area contributed by atoms with Crippen LogP contribution in [-0.2, 0) is 16.1 Å². The first-order chi connectivity index (χ1) is 18.2. The van der Waals surface area contributed by atoms with Gasteiger partial charge in [0.15, 0.2) is 17.2 Å². The average molecular weight is 555 g/mol. The molecule has 0 aromatic heterocycles. The number of halogens is 2. The minimum absolute atomic E-state index is 0.0642. The van der Waals surface area contributed by atoms with Crippen LogP contribution < -0.4 is 19.1 Å². The first-order valence-corrected chi connectivity index (χ1v) is 12.4. The summed E-state index contributed by atoms with van der Waals surface area (Å²) in [5, 5.41) is 11.7. The Labute approximate surface area is 229 Å². The van der Waals surface area contributed by atoms with E-state index in [0.29, 0.717) is 17.1 Å². The van der Waals surface area contributed by atoms with E-state index in [9.17, 15) is 14.7 Å². The zero-order chi connectivity index (χ0) is 27.1. The zero-order valence-electron chi connectivity index (χ0n) is 20.8. The van der Waals surface area contributed by atoms with Crippen molar-refractivity contribution < 1.29 is 28.9 Å². The summed E-state index contributed by atoms with van der Waals surface area (Å²) in [6.07, 6.45) is 0. The molecule has 1 unspecified atom stereocenters. The van der Waals surface area contributed by atoms with Crippen molar-refractivity contribution in [2.75, 3.05) is 32.9 Å². The van der Waals surface area contributed by atoms with Crippen molar-refractivity contribution in [2.24, 2.45) is 0 Å². The van der Waals surface area contributed by atoms with Gasteiger partial charge >= 0.3 is 0 Å². The van der Waals surface area contributed by atoms with Crippen LogP contribution in [0.4, 0.5) is 5.69 Å². The van der Waals surface area contributed by atoms with Gasteiger partial charge in [0.2, 0.25) is 6.79 Å². The molecule has 0 saturated carbocycles. The van der Waals surface area contributed by atoms with E-state index in [1.807, 2.05) is 49.3 Å². The third kappa shape index (κ3) is 4.50. The number of Topliss-reactive ketones (excluding diaryl/α,β-unsaturated/α-hetero) is 1. The van der Waals surface area contributed by atoms with Crippen molar-refractivity contribution in [1.82, 2.24) is 4.90 Å². The number of ether oxygens (including phenoxy) is 3. The lowest BCUT2D eigenvalue weighted by atomic mass is 9.95. The highest BCUT2D eigenvalue weighted by Gasteiger charge is 2.46. The SMILES string of the molecule is COc1c(Cl)cc(/C(O)=C2\C(=O)C(=O)N(Cc3ccc4c(c3)OCO4)C2c2ccc(N(C)C)cc2)cc1Cl. The minimum Gasteiger partial charge on any atom is -0.507 e. The van der Waals surface area contributed by atoms with E-state index < -0.39 is 17.7 Å². The second-order valence-corrected chi connectivity index (χ2v) is 9.89. The number of amides is 1. The van der Waals surface area contributed by atoms with Crippen LogP contribution in [-0.4, -0.2) is 49.7 Å². The maximum atomic E-state index is 13.4. The molecule has 38 heavy (non-hydrogen) atoms. The smallest absolute Gasteiger partial charge is 0.295 e. The maximum Gasteiger partial charge on any atom is 0.295 e. The average Bonchev–Trinajstić information content (AvgIpc) is 3.46. The summed E-state index contributed by atoms with van der Waals surface area (Å²) in [7, 11) is 5.25. The van der Waals surface area contributed by atoms with E-state index in [0.717, 1.165) is 11.3 Å². The number of aliphatic hydroxyl groups excluding tert-OH is 1. The van der Waals surface area contributed by atoms with E-state index in [4.69, 9.17) is 37.4 Å². The lowest BCUT2D eigenvalue weighted by Gasteiger charge is -2.26. The Bertz CT molecular complexity index is 1450. The summed E-state index contributed by atoms with van der Waals surface area (Å²) < 4.78 is 16.1. The first kappa shape index (κ1) is 25.8. The van der Waals surface area contributed by atoms with Crippen molar-refractivity contribution in [3.63, 3.8) is 0 Å². The molecule has 0 spiro atoms. The Hall–Kier alpha value is -3.88. The number of nitrogens with zero attached hydrogens (tertiary/aromatic N) is 2. The van der Waals surface area contributed by atoms with Crippen molar-refractivity contribution >= 4 is 46.3 Å². The number of rotatable bonds is 6. The molecule has 1 saturated heterocycles. The normalized spacial score (nSPS) is 17.7. The lowest BCUT2D eigenvalue weighted by molar-refractivity contribution is -0.140. The van der Waals surface area contributed by atoms with E-state index >= 15 is 0 Å². The number of aliphatic hydroxyl groups is 1. The molecule has 10 heteroatoms. The lowest BCUT2D eigenvalue weighted by Crippen LogP contribution is -2.29. The number of fused-ring (bicyclic) bond motifs is 1. The molecular weight excluding hydrogens is 531 g/mol. The highest BCUT2D eigenvalue weighted by molar-refractivity contribution is 6.46. The van der Waals surface area contributed by atoms with E-state index in [1.165, 1.54) is 24.1 Å². The van der Waals surface area contributed by atoms with Gasteiger partial charge in [-0.15, -0.1) is 0 Å². The molecule has 1 amide bonds. The Morgan fingerprint density at radius 1 is 1.03 bits per heavy atom. The standard InChI is InChI=1S/C28H24Cl2N2O6/c1-31(2)18-7-5-16(6-8-18)24-23(25(33)17-11-19(29)27(36-3)20(30)12-17)26(34)28(35)32(24)13-15-4-9-21-22(10-15)38-14-37-21/h4-12,24,33H,13-14H2,1-3H3/b25-23+. The largest absolute Gasteiger partial charge is 0.507 e. The highest BCUT2D eigenvalue weighted by atomic mass is 35.5. The fourth-order valence-corrected chi connectivity index (χ4v) is 5.27. The fourth-order valence-electron chi connectivity index (χ4n) is 4.63. The molecule has 2 aliphatic rings. The highest BCUT2D eigenvalue weighted by Crippen LogP contribution is 2.43. The van der Waals surface area contributed by atoms with Gasteiger partial charge in [-0.3, -0.25) is 9.59 Å². The number of carbonyl (C=O) groups excluding carboxylic acids is 2. The molecule has 1 atom stereocenters. The molecule has 3 aromatic rings. The number of methoxy groups -OCH3 is 1. The van der Waals surface area contributed by atoms with Gasteiger partial charge in [0, 0.05) is 31.9 Å². The molecule has 0 radical (unpaired) electrons. The Kier molecular flexibility index (Phi) is 6.86. The maximum absolute atomic E-state index is 13.4. The minimum atomic E-state index is -0.865. The van der Waals surface area contributed by atoms with E-state index in [-0.39, 0.29) is 46.0 Å². The number of benzene rings is 3. The molecule has 0 bridgehead atoms. The predicted molar refractivity (Wildman–Crippen MR) is 144 cm³/mol. The van der Waals surface area contributed by atoms with E-state index in [2.05, 4.69) is 0 Å². The Morgan fingerprint density at radius 3 is 2.32 bits per heavy atom. The molecule has 0 aliphatic carbocycles. The number of hydrogen-bond acceptors (Lipinski definition) is 7. The second-order valence-electron chi connectivity index (χ2n) is 9.07. The fraction of sp³-hybridized carbons (Fsp3) is 0.214. The quantitative estimate of drug-likeness (QED) is 0.247. The van der Waals surface area contributed by atoms with Crippen molar-refractivity contribution in [2.45, 2.75) is 12.6 Å². The number of hydrogen-bond donors (Lipinski definition) is 1. The summed E-state index contributed by atoms with van der Waals surface area (Å²) >= 11 is 12.6. The van der Waals surface area contributed by atoms with Crippen LogP contribution in [0.25, 0.3) is 5.76 Å². The molecule has 2 heterocycles. The molecule has 5 rings (SSSR count). The van der Waals surface area contributed by atoms with Crippen LogP contribution >= 0.6 is 23.2 Å². The van der Waals surface area contributed by atoms with Crippen LogP contribution in [0.1, 0.15) is 22.7 Å². The van der Waals surface area contributed by atoms with Crippen molar-refractivity contribution in [3.8, 4) is 17.2 Å². The van der Waals surface area contributed by atoms with Gasteiger partial charge in [0.1, 0.15) is 5.76 Å². The van der Waals surface area contributed by atoms with Crippen LogP contribution in [0, 0.1) is 0 Å². The molecule has 196 valence electrons. The molecule has 1 fully saturated rings. The van der Waals surface area contributed by atoms with Crippen molar-refractivity contribution in [3.05, 3.63) is 86.9 Å². The molecular formula is C28H24Cl2N2O6. The topological polar surface area (TPSA) is 88.5 Å². The van der Waals surface area contributed by atoms with Crippen LogP contribution in [0.3, 0.4) is 0 Å².